The van der Waals surface area contributed by atoms with Gasteiger partial charge in [-0.05, 0) is 17.5 Å². The maximum atomic E-state index is 12.8. The molecule has 2 aromatic carbocycles. The first-order valence-electron chi connectivity index (χ1n) is 8.68. The first kappa shape index (κ1) is 19.2. The number of carbonyl (C=O) groups is 3. The Kier molecular flexibility index (Phi) is 5.21. The lowest BCUT2D eigenvalue weighted by Gasteiger charge is -2.27. The summed E-state index contributed by atoms with van der Waals surface area (Å²) in [5.41, 5.74) is -0.0745. The largest absolute Gasteiger partial charge is 0.459 e. The van der Waals surface area contributed by atoms with Gasteiger partial charge < -0.3 is 4.74 Å². The zero-order chi connectivity index (χ0) is 20.4. The second kappa shape index (κ2) is 7.59. The van der Waals surface area contributed by atoms with Gasteiger partial charge in [0.1, 0.15) is 18.2 Å². The number of hydrogen-bond donors (Lipinski definition) is 0. The number of rotatable bonds is 6. The van der Waals surface area contributed by atoms with Crippen molar-refractivity contribution in [3.8, 4) is 0 Å². The van der Waals surface area contributed by atoms with Gasteiger partial charge in [0.05, 0.1) is 10.5 Å². The highest BCUT2D eigenvalue weighted by Gasteiger charge is 2.47. The van der Waals surface area contributed by atoms with Crippen LogP contribution >= 0.6 is 0 Å². The van der Waals surface area contributed by atoms with Gasteiger partial charge in [-0.3, -0.25) is 24.6 Å². The van der Waals surface area contributed by atoms with Crippen molar-refractivity contribution in [2.75, 3.05) is 0 Å². The van der Waals surface area contributed by atoms with Gasteiger partial charge in [-0.25, -0.2) is 4.79 Å². The molecule has 8 nitrogen and oxygen atoms in total. The molecule has 1 aliphatic rings. The second-order valence-electron chi connectivity index (χ2n) is 6.72. The molecule has 1 heterocycles. The summed E-state index contributed by atoms with van der Waals surface area (Å²) in [5.74, 6) is -2.78. The first-order valence-corrected chi connectivity index (χ1v) is 8.68. The van der Waals surface area contributed by atoms with Crippen LogP contribution in [0.5, 0.6) is 0 Å². The molecule has 1 atom stereocenters. The Balaban J connectivity index is 1.89. The zero-order valence-corrected chi connectivity index (χ0v) is 15.3. The van der Waals surface area contributed by atoms with Crippen LogP contribution in [0.2, 0.25) is 0 Å². The van der Waals surface area contributed by atoms with E-state index < -0.39 is 40.4 Å². The van der Waals surface area contributed by atoms with Crippen LogP contribution in [0, 0.1) is 16.0 Å². The number of nitro benzene ring substituents is 1. The van der Waals surface area contributed by atoms with Gasteiger partial charge in [0, 0.05) is 6.07 Å². The normalized spacial score (nSPS) is 14.2. The van der Waals surface area contributed by atoms with Crippen molar-refractivity contribution in [1.82, 2.24) is 4.90 Å². The molecule has 0 radical (unpaired) electrons. The first-order chi connectivity index (χ1) is 13.3. The molecule has 0 saturated heterocycles. The number of ether oxygens (including phenoxy) is 1. The van der Waals surface area contributed by atoms with E-state index in [0.717, 1.165) is 16.5 Å². The Labute approximate surface area is 160 Å². The molecule has 28 heavy (non-hydrogen) atoms. The second-order valence-corrected chi connectivity index (χ2v) is 6.72. The van der Waals surface area contributed by atoms with Crippen LogP contribution < -0.4 is 0 Å². The van der Waals surface area contributed by atoms with Crippen LogP contribution in [0.4, 0.5) is 5.69 Å². The van der Waals surface area contributed by atoms with Crippen molar-refractivity contribution in [3.05, 3.63) is 75.3 Å². The number of nitrogens with zero attached hydrogens (tertiary/aromatic N) is 2. The fraction of sp³-hybridized carbons (Fsp3) is 0.250. The summed E-state index contributed by atoms with van der Waals surface area (Å²) in [6.45, 7) is 3.34. The van der Waals surface area contributed by atoms with Crippen molar-refractivity contribution in [2.24, 2.45) is 5.92 Å². The summed E-state index contributed by atoms with van der Waals surface area (Å²) >= 11 is 0. The third kappa shape index (κ3) is 3.36. The number of esters is 1. The highest BCUT2D eigenvalue weighted by molar-refractivity contribution is 6.24. The topological polar surface area (TPSA) is 107 Å². The Hall–Kier alpha value is -3.55. The van der Waals surface area contributed by atoms with Gasteiger partial charge in [0.25, 0.3) is 17.5 Å². The predicted octanol–water partition coefficient (Wildman–Crippen LogP) is 2.96. The van der Waals surface area contributed by atoms with E-state index in [1.165, 1.54) is 12.1 Å². The number of imide groups is 1. The monoisotopic (exact) mass is 382 g/mol. The average Bonchev–Trinajstić information content (AvgIpc) is 2.92. The summed E-state index contributed by atoms with van der Waals surface area (Å²) in [6.07, 6.45) is 0. The van der Waals surface area contributed by atoms with Gasteiger partial charge in [-0.15, -0.1) is 0 Å². The molecule has 3 rings (SSSR count). The van der Waals surface area contributed by atoms with Gasteiger partial charge in [-0.2, -0.15) is 0 Å². The van der Waals surface area contributed by atoms with Crippen LogP contribution in [0.3, 0.4) is 0 Å². The lowest BCUT2D eigenvalue weighted by atomic mass is 10.0. The molecule has 0 saturated carbocycles. The Bertz CT molecular complexity index is 954. The molecule has 1 aliphatic heterocycles. The quantitative estimate of drug-likeness (QED) is 0.329. The van der Waals surface area contributed by atoms with Crippen LogP contribution in [-0.2, 0) is 16.1 Å². The minimum atomic E-state index is -1.18. The average molecular weight is 382 g/mol. The molecular formula is C20H18N2O6. The Morgan fingerprint density at radius 1 is 1.07 bits per heavy atom. The molecule has 0 N–H and O–H groups in total. The lowest BCUT2D eigenvalue weighted by molar-refractivity contribution is -0.385. The lowest BCUT2D eigenvalue weighted by Crippen LogP contribution is -2.48. The summed E-state index contributed by atoms with van der Waals surface area (Å²) < 4.78 is 5.32. The number of fused-ring (bicyclic) bond motifs is 1. The number of benzene rings is 2. The summed E-state index contributed by atoms with van der Waals surface area (Å²) in [4.78, 5) is 49.6. The van der Waals surface area contributed by atoms with E-state index in [1.807, 2.05) is 6.07 Å². The van der Waals surface area contributed by atoms with E-state index in [4.69, 9.17) is 4.74 Å². The van der Waals surface area contributed by atoms with E-state index in [-0.39, 0.29) is 17.7 Å². The van der Waals surface area contributed by atoms with Gasteiger partial charge in [0.15, 0.2) is 0 Å². The standard InChI is InChI=1S/C20H18N2O6/c1-12(2)17(20(25)28-11-13-7-4-3-5-8-13)21-18(23)14-9-6-10-15(22(26)27)16(14)19(21)24/h3-10,12,17H,11H2,1-2H3. The molecule has 0 spiro atoms. The van der Waals surface area contributed by atoms with Crippen LogP contribution in [0.15, 0.2) is 48.5 Å². The Morgan fingerprint density at radius 3 is 2.36 bits per heavy atom. The summed E-state index contributed by atoms with van der Waals surface area (Å²) in [6, 6.07) is 11.6. The van der Waals surface area contributed by atoms with Crippen molar-refractivity contribution in [3.63, 3.8) is 0 Å². The SMILES string of the molecule is CC(C)C(C(=O)OCc1ccccc1)N1C(=O)c2cccc([N+](=O)[O-])c2C1=O. The highest BCUT2D eigenvalue weighted by atomic mass is 16.6. The fourth-order valence-electron chi connectivity index (χ4n) is 3.18. The molecule has 0 aliphatic carbocycles. The summed E-state index contributed by atoms with van der Waals surface area (Å²) in [7, 11) is 0. The maximum Gasteiger partial charge on any atom is 0.329 e. The van der Waals surface area contributed by atoms with E-state index in [9.17, 15) is 24.5 Å². The molecule has 8 heteroatoms. The molecule has 2 aromatic rings. The number of amides is 2. The zero-order valence-electron chi connectivity index (χ0n) is 15.3. The Morgan fingerprint density at radius 2 is 1.75 bits per heavy atom. The molecule has 0 aromatic heterocycles. The van der Waals surface area contributed by atoms with E-state index in [1.54, 1.807) is 38.1 Å². The van der Waals surface area contributed by atoms with Crippen molar-refractivity contribution in [1.29, 1.82) is 0 Å². The molecule has 2 amide bonds. The third-order valence-electron chi connectivity index (χ3n) is 4.50. The van der Waals surface area contributed by atoms with Gasteiger partial charge >= 0.3 is 5.97 Å². The number of nitro groups is 1. The van der Waals surface area contributed by atoms with Crippen LogP contribution in [-0.4, -0.2) is 33.6 Å². The smallest absolute Gasteiger partial charge is 0.329 e. The molecule has 0 bridgehead atoms. The maximum absolute atomic E-state index is 12.8. The third-order valence-corrected chi connectivity index (χ3v) is 4.50. The van der Waals surface area contributed by atoms with E-state index in [0.29, 0.717) is 0 Å². The predicted molar refractivity (Wildman–Crippen MR) is 98.5 cm³/mol. The molecule has 0 fully saturated rings. The minimum Gasteiger partial charge on any atom is -0.459 e. The van der Waals surface area contributed by atoms with Crippen molar-refractivity contribution >= 4 is 23.5 Å². The van der Waals surface area contributed by atoms with E-state index >= 15 is 0 Å². The minimum absolute atomic E-state index is 0.00773. The highest BCUT2D eigenvalue weighted by Crippen LogP contribution is 2.33. The van der Waals surface area contributed by atoms with Crippen LogP contribution in [0.25, 0.3) is 0 Å². The number of carbonyl (C=O) groups excluding carboxylic acids is 3. The van der Waals surface area contributed by atoms with Crippen molar-refractivity contribution in [2.45, 2.75) is 26.5 Å². The van der Waals surface area contributed by atoms with Crippen molar-refractivity contribution < 1.29 is 24.0 Å². The van der Waals surface area contributed by atoms with Gasteiger partial charge in [-0.1, -0.05) is 50.2 Å². The van der Waals surface area contributed by atoms with Gasteiger partial charge in [0.2, 0.25) is 0 Å². The molecular weight excluding hydrogens is 364 g/mol. The molecule has 144 valence electrons. The fourth-order valence-corrected chi connectivity index (χ4v) is 3.18. The molecule has 1 unspecified atom stereocenters. The summed E-state index contributed by atoms with van der Waals surface area (Å²) in [5, 5.41) is 11.2. The van der Waals surface area contributed by atoms with Crippen LogP contribution in [0.1, 0.15) is 40.1 Å². The number of hydrogen-bond acceptors (Lipinski definition) is 6. The van der Waals surface area contributed by atoms with E-state index in [2.05, 4.69) is 0 Å².